The average Bonchev–Trinajstić information content (AvgIpc) is 3.41. The second-order valence-corrected chi connectivity index (χ2v) is 8.04. The Kier molecular flexibility index (Phi) is 6.90. The molecule has 1 aliphatic heterocycles. The molecule has 3 N–H and O–H groups in total. The van der Waals surface area contributed by atoms with Crippen LogP contribution in [-0.2, 0) is 23.8 Å². The van der Waals surface area contributed by atoms with Crippen LogP contribution in [0.5, 0.6) is 0 Å². The summed E-state index contributed by atoms with van der Waals surface area (Å²) in [7, 11) is 0. The Bertz CT molecular complexity index is 987. The van der Waals surface area contributed by atoms with E-state index >= 15 is 0 Å². The van der Waals surface area contributed by atoms with Crippen LogP contribution in [0.4, 0.5) is 4.79 Å². The summed E-state index contributed by atoms with van der Waals surface area (Å²) >= 11 is 0. The quantitative estimate of drug-likeness (QED) is 0.495. The number of benzene rings is 2. The van der Waals surface area contributed by atoms with Crippen molar-refractivity contribution in [1.82, 2.24) is 10.6 Å². The summed E-state index contributed by atoms with van der Waals surface area (Å²) in [6.07, 6.45) is -0.366. The summed E-state index contributed by atoms with van der Waals surface area (Å²) in [5.41, 5.74) is 3.17. The number of hydrogen-bond acceptors (Lipinski definition) is 6. The van der Waals surface area contributed by atoms with Crippen LogP contribution < -0.4 is 10.6 Å². The molecule has 1 aliphatic carbocycles. The Balaban J connectivity index is 1.17. The van der Waals surface area contributed by atoms with E-state index in [1.54, 1.807) is 0 Å². The first kappa shape index (κ1) is 22.8. The standard InChI is InChI=1S/C24H26N2O7/c27-21(26-24(22(28)29)9-11-32-15-24)14-31-12-10-25-23(30)33-13-20-18-7-3-1-5-16(18)17-6-2-4-8-19(17)20/h1-8,20H,9-15H2,(H,25,30)(H,26,27)(H,28,29). The van der Waals surface area contributed by atoms with E-state index in [2.05, 4.69) is 22.8 Å². The maximum atomic E-state index is 12.1. The van der Waals surface area contributed by atoms with Crippen LogP contribution in [-0.4, -0.2) is 68.2 Å². The number of rotatable bonds is 9. The van der Waals surface area contributed by atoms with Gasteiger partial charge >= 0.3 is 12.1 Å². The molecule has 0 saturated carbocycles. The number of carboxylic acids is 1. The van der Waals surface area contributed by atoms with Gasteiger partial charge in [0.1, 0.15) is 13.2 Å². The molecule has 9 nitrogen and oxygen atoms in total. The molecule has 2 aliphatic rings. The second kappa shape index (κ2) is 10.0. The third kappa shape index (κ3) is 4.99. The molecular weight excluding hydrogens is 428 g/mol. The molecule has 0 spiro atoms. The lowest BCUT2D eigenvalue weighted by Gasteiger charge is -2.23. The molecule has 33 heavy (non-hydrogen) atoms. The molecule has 1 fully saturated rings. The number of ether oxygens (including phenoxy) is 3. The minimum atomic E-state index is -1.40. The van der Waals surface area contributed by atoms with Crippen molar-refractivity contribution in [2.75, 3.05) is 39.6 Å². The third-order valence-electron chi connectivity index (χ3n) is 5.90. The van der Waals surface area contributed by atoms with E-state index in [1.807, 2.05) is 36.4 Å². The van der Waals surface area contributed by atoms with E-state index < -0.39 is 23.5 Å². The summed E-state index contributed by atoms with van der Waals surface area (Å²) in [4.78, 5) is 35.5. The number of aliphatic carboxylic acids is 1. The molecule has 2 aromatic rings. The molecule has 1 unspecified atom stereocenters. The number of fused-ring (bicyclic) bond motifs is 3. The highest BCUT2D eigenvalue weighted by atomic mass is 16.5. The summed E-state index contributed by atoms with van der Waals surface area (Å²) < 4.78 is 15.8. The van der Waals surface area contributed by atoms with Crippen LogP contribution in [0.2, 0.25) is 0 Å². The Labute approximate surface area is 191 Å². The highest BCUT2D eigenvalue weighted by Crippen LogP contribution is 2.44. The number of carbonyl (C=O) groups excluding carboxylic acids is 2. The lowest BCUT2D eigenvalue weighted by Crippen LogP contribution is -2.56. The van der Waals surface area contributed by atoms with Gasteiger partial charge in [0.05, 0.1) is 13.2 Å². The highest BCUT2D eigenvalue weighted by molar-refractivity contribution is 5.88. The van der Waals surface area contributed by atoms with Crippen LogP contribution in [0.1, 0.15) is 23.5 Å². The molecule has 9 heteroatoms. The predicted octanol–water partition coefficient (Wildman–Crippen LogP) is 1.90. The molecular formula is C24H26N2O7. The first-order chi connectivity index (χ1) is 16.0. The number of nitrogens with one attached hydrogen (secondary N) is 2. The van der Waals surface area contributed by atoms with Gasteiger partial charge in [0.25, 0.3) is 0 Å². The molecule has 0 aromatic heterocycles. The van der Waals surface area contributed by atoms with Crippen molar-refractivity contribution in [3.05, 3.63) is 59.7 Å². The zero-order valence-electron chi connectivity index (χ0n) is 18.0. The Morgan fingerprint density at radius 1 is 1.06 bits per heavy atom. The van der Waals surface area contributed by atoms with Crippen molar-refractivity contribution < 1.29 is 33.7 Å². The summed E-state index contributed by atoms with van der Waals surface area (Å²) in [6, 6.07) is 16.2. The van der Waals surface area contributed by atoms with Crippen molar-refractivity contribution in [3.63, 3.8) is 0 Å². The van der Waals surface area contributed by atoms with Crippen LogP contribution in [0.15, 0.2) is 48.5 Å². The fourth-order valence-corrected chi connectivity index (χ4v) is 4.23. The van der Waals surface area contributed by atoms with E-state index in [9.17, 15) is 19.5 Å². The molecule has 1 heterocycles. The minimum absolute atomic E-state index is 0.0239. The molecule has 4 rings (SSSR count). The number of carbonyl (C=O) groups is 3. The van der Waals surface area contributed by atoms with Gasteiger partial charge in [0, 0.05) is 25.5 Å². The van der Waals surface area contributed by atoms with Crippen molar-refractivity contribution >= 4 is 18.0 Å². The molecule has 2 amide bonds. The Morgan fingerprint density at radius 3 is 2.33 bits per heavy atom. The Morgan fingerprint density at radius 2 is 1.73 bits per heavy atom. The lowest BCUT2D eigenvalue weighted by atomic mass is 9.98. The maximum Gasteiger partial charge on any atom is 0.407 e. The SMILES string of the molecule is O=C(COCCNC(=O)OCC1c2ccccc2-c2ccccc21)NC1(C(=O)O)CCOC1. The average molecular weight is 454 g/mol. The topological polar surface area (TPSA) is 123 Å². The van der Waals surface area contributed by atoms with Crippen LogP contribution >= 0.6 is 0 Å². The van der Waals surface area contributed by atoms with E-state index in [0.29, 0.717) is 0 Å². The van der Waals surface area contributed by atoms with Gasteiger partial charge in [-0.1, -0.05) is 48.5 Å². The number of amides is 2. The third-order valence-corrected chi connectivity index (χ3v) is 5.90. The zero-order valence-corrected chi connectivity index (χ0v) is 18.0. The van der Waals surface area contributed by atoms with Gasteiger partial charge in [-0.05, 0) is 22.3 Å². The predicted molar refractivity (Wildman–Crippen MR) is 118 cm³/mol. The maximum absolute atomic E-state index is 12.1. The largest absolute Gasteiger partial charge is 0.479 e. The number of hydrogen-bond donors (Lipinski definition) is 3. The minimum Gasteiger partial charge on any atom is -0.479 e. The van der Waals surface area contributed by atoms with Crippen LogP contribution in [0.3, 0.4) is 0 Å². The van der Waals surface area contributed by atoms with E-state index in [4.69, 9.17) is 14.2 Å². The molecule has 2 aromatic carbocycles. The molecule has 1 saturated heterocycles. The monoisotopic (exact) mass is 454 g/mol. The van der Waals surface area contributed by atoms with Crippen molar-refractivity contribution in [1.29, 1.82) is 0 Å². The second-order valence-electron chi connectivity index (χ2n) is 8.04. The summed E-state index contributed by atoms with van der Waals surface area (Å²) in [6.45, 7) is 0.324. The lowest BCUT2D eigenvalue weighted by molar-refractivity contribution is -0.148. The van der Waals surface area contributed by atoms with Gasteiger partial charge in [0.15, 0.2) is 5.54 Å². The van der Waals surface area contributed by atoms with Crippen molar-refractivity contribution in [3.8, 4) is 11.1 Å². The normalized spacial score (nSPS) is 18.9. The molecule has 174 valence electrons. The van der Waals surface area contributed by atoms with Gasteiger partial charge in [-0.3, -0.25) is 4.79 Å². The first-order valence-corrected chi connectivity index (χ1v) is 10.8. The van der Waals surface area contributed by atoms with Gasteiger partial charge in [0.2, 0.25) is 5.91 Å². The fourth-order valence-electron chi connectivity index (χ4n) is 4.23. The van der Waals surface area contributed by atoms with Crippen molar-refractivity contribution in [2.45, 2.75) is 17.9 Å². The van der Waals surface area contributed by atoms with Gasteiger partial charge in [-0.25, -0.2) is 9.59 Å². The van der Waals surface area contributed by atoms with E-state index in [1.165, 1.54) is 0 Å². The molecule has 1 atom stereocenters. The van der Waals surface area contributed by atoms with Crippen LogP contribution in [0.25, 0.3) is 11.1 Å². The smallest absolute Gasteiger partial charge is 0.407 e. The summed E-state index contributed by atoms with van der Waals surface area (Å²) in [5, 5.41) is 14.4. The molecule has 0 radical (unpaired) electrons. The summed E-state index contributed by atoms with van der Waals surface area (Å²) in [5.74, 6) is -1.71. The first-order valence-electron chi connectivity index (χ1n) is 10.8. The van der Waals surface area contributed by atoms with Crippen LogP contribution in [0, 0.1) is 0 Å². The highest BCUT2D eigenvalue weighted by Gasteiger charge is 2.43. The van der Waals surface area contributed by atoms with E-state index in [0.717, 1.165) is 22.3 Å². The van der Waals surface area contributed by atoms with Gasteiger partial charge < -0.3 is 30.0 Å². The Hall–Kier alpha value is -3.43. The van der Waals surface area contributed by atoms with Gasteiger partial charge in [-0.2, -0.15) is 0 Å². The van der Waals surface area contributed by atoms with E-state index in [-0.39, 0.29) is 51.9 Å². The zero-order chi connectivity index (χ0) is 23.3. The molecule has 0 bridgehead atoms. The number of carboxylic acid groups (broad SMARTS) is 1. The van der Waals surface area contributed by atoms with Gasteiger partial charge in [-0.15, -0.1) is 0 Å². The van der Waals surface area contributed by atoms with Crippen molar-refractivity contribution in [2.24, 2.45) is 0 Å². The number of alkyl carbamates (subject to hydrolysis) is 1. The fraction of sp³-hybridized carbons (Fsp3) is 0.375.